The maximum atomic E-state index is 12.1. The van der Waals surface area contributed by atoms with Crippen molar-refractivity contribution in [3.05, 3.63) is 59.4 Å². The monoisotopic (exact) mass is 280 g/mol. The second kappa shape index (κ2) is 7.22. The van der Waals surface area contributed by atoms with Crippen molar-refractivity contribution in [3.8, 4) is 11.8 Å². The molecule has 0 fully saturated rings. The van der Waals surface area contributed by atoms with Crippen molar-refractivity contribution in [1.29, 1.82) is 0 Å². The standard InChI is InChI=1S/C17H16N2O2/c1-2-14-12-13(4-3-11-20)5-6-16(14)19-17(21)15-7-9-18-10-8-15/h5-10,12,20H,2,11H2,1H3,(H,19,21). The molecule has 0 aliphatic carbocycles. The van der Waals surface area contributed by atoms with Crippen LogP contribution >= 0.6 is 0 Å². The third kappa shape index (κ3) is 3.91. The van der Waals surface area contributed by atoms with Gasteiger partial charge in [0, 0.05) is 29.2 Å². The van der Waals surface area contributed by atoms with Crippen molar-refractivity contribution in [1.82, 2.24) is 4.98 Å². The molecule has 2 N–H and O–H groups in total. The molecule has 1 heterocycles. The van der Waals surface area contributed by atoms with Gasteiger partial charge < -0.3 is 10.4 Å². The van der Waals surface area contributed by atoms with Gasteiger partial charge in [0.2, 0.25) is 0 Å². The number of pyridine rings is 1. The average molecular weight is 280 g/mol. The first kappa shape index (κ1) is 14.8. The van der Waals surface area contributed by atoms with E-state index in [9.17, 15) is 4.79 Å². The summed E-state index contributed by atoms with van der Waals surface area (Å²) in [7, 11) is 0. The van der Waals surface area contributed by atoms with Gasteiger partial charge in [0.05, 0.1) is 0 Å². The Bertz CT molecular complexity index is 685. The van der Waals surface area contributed by atoms with Crippen LogP contribution in [0.3, 0.4) is 0 Å². The summed E-state index contributed by atoms with van der Waals surface area (Å²) in [6.45, 7) is 1.85. The van der Waals surface area contributed by atoms with Gasteiger partial charge in [-0.2, -0.15) is 0 Å². The molecule has 0 saturated carbocycles. The second-order valence-electron chi connectivity index (χ2n) is 4.38. The summed E-state index contributed by atoms with van der Waals surface area (Å²) in [5.41, 5.74) is 3.16. The van der Waals surface area contributed by atoms with Crippen LogP contribution in [0.15, 0.2) is 42.7 Å². The number of nitrogens with zero attached hydrogens (tertiary/aromatic N) is 1. The molecule has 21 heavy (non-hydrogen) atoms. The third-order valence-electron chi connectivity index (χ3n) is 2.99. The number of rotatable bonds is 3. The first-order valence-electron chi connectivity index (χ1n) is 6.68. The molecule has 0 aliphatic heterocycles. The number of hydrogen-bond acceptors (Lipinski definition) is 3. The Morgan fingerprint density at radius 2 is 2.05 bits per heavy atom. The van der Waals surface area contributed by atoms with E-state index in [1.807, 2.05) is 25.1 Å². The fourth-order valence-corrected chi connectivity index (χ4v) is 1.93. The van der Waals surface area contributed by atoms with Crippen molar-refractivity contribution < 1.29 is 9.90 Å². The Morgan fingerprint density at radius 3 is 2.71 bits per heavy atom. The largest absolute Gasteiger partial charge is 0.384 e. The van der Waals surface area contributed by atoms with Gasteiger partial charge in [-0.3, -0.25) is 9.78 Å². The highest BCUT2D eigenvalue weighted by Gasteiger charge is 2.08. The van der Waals surface area contributed by atoms with Crippen molar-refractivity contribution in [2.75, 3.05) is 11.9 Å². The zero-order chi connectivity index (χ0) is 15.1. The van der Waals surface area contributed by atoms with Gasteiger partial charge in [-0.05, 0) is 42.3 Å². The van der Waals surface area contributed by atoms with Crippen LogP contribution in [0.1, 0.15) is 28.4 Å². The number of aliphatic hydroxyl groups excluding tert-OH is 1. The Morgan fingerprint density at radius 1 is 1.29 bits per heavy atom. The molecule has 2 aromatic rings. The smallest absolute Gasteiger partial charge is 0.255 e. The molecule has 0 unspecified atom stereocenters. The molecule has 0 aliphatic rings. The first-order valence-corrected chi connectivity index (χ1v) is 6.68. The predicted molar refractivity (Wildman–Crippen MR) is 82.0 cm³/mol. The van der Waals surface area contributed by atoms with E-state index in [0.717, 1.165) is 23.2 Å². The van der Waals surface area contributed by atoms with Gasteiger partial charge in [-0.25, -0.2) is 0 Å². The topological polar surface area (TPSA) is 62.2 Å². The van der Waals surface area contributed by atoms with Gasteiger partial charge in [0.1, 0.15) is 6.61 Å². The molecule has 0 saturated heterocycles. The number of hydrogen-bond donors (Lipinski definition) is 2. The molecule has 2 rings (SSSR count). The summed E-state index contributed by atoms with van der Waals surface area (Å²) in [5.74, 6) is 5.31. The molecule has 1 amide bonds. The highest BCUT2D eigenvalue weighted by Crippen LogP contribution is 2.19. The Kier molecular flexibility index (Phi) is 5.08. The maximum absolute atomic E-state index is 12.1. The lowest BCUT2D eigenvalue weighted by molar-refractivity contribution is 0.102. The van der Waals surface area contributed by atoms with Gasteiger partial charge in [0.25, 0.3) is 5.91 Å². The molecular formula is C17H16N2O2. The lowest BCUT2D eigenvalue weighted by Crippen LogP contribution is -2.13. The zero-order valence-corrected chi connectivity index (χ0v) is 11.8. The van der Waals surface area contributed by atoms with E-state index in [-0.39, 0.29) is 12.5 Å². The van der Waals surface area contributed by atoms with Crippen LogP contribution in [-0.4, -0.2) is 22.6 Å². The van der Waals surface area contributed by atoms with E-state index in [2.05, 4.69) is 22.1 Å². The van der Waals surface area contributed by atoms with Crippen molar-refractivity contribution in [2.24, 2.45) is 0 Å². The molecular weight excluding hydrogens is 264 g/mol. The Balaban J connectivity index is 2.22. The normalized spacial score (nSPS) is 9.62. The van der Waals surface area contributed by atoms with Crippen LogP contribution in [0.5, 0.6) is 0 Å². The van der Waals surface area contributed by atoms with E-state index in [4.69, 9.17) is 5.11 Å². The number of benzene rings is 1. The number of aliphatic hydroxyl groups is 1. The fraction of sp³-hybridized carbons (Fsp3) is 0.176. The summed E-state index contributed by atoms with van der Waals surface area (Å²) in [5, 5.41) is 11.6. The number of carbonyl (C=O) groups is 1. The molecule has 0 spiro atoms. The zero-order valence-electron chi connectivity index (χ0n) is 11.8. The summed E-state index contributed by atoms with van der Waals surface area (Å²) in [6.07, 6.45) is 3.95. The van der Waals surface area contributed by atoms with Gasteiger partial charge in [0.15, 0.2) is 0 Å². The summed E-state index contributed by atoms with van der Waals surface area (Å²) in [6, 6.07) is 8.91. The van der Waals surface area contributed by atoms with Crippen LogP contribution in [0.25, 0.3) is 0 Å². The number of aryl methyl sites for hydroxylation is 1. The molecule has 0 bridgehead atoms. The van der Waals surface area contributed by atoms with Crippen molar-refractivity contribution >= 4 is 11.6 Å². The van der Waals surface area contributed by atoms with Crippen LogP contribution < -0.4 is 5.32 Å². The van der Waals surface area contributed by atoms with E-state index in [1.165, 1.54) is 0 Å². The molecule has 4 nitrogen and oxygen atoms in total. The highest BCUT2D eigenvalue weighted by molar-refractivity contribution is 6.04. The maximum Gasteiger partial charge on any atom is 0.255 e. The average Bonchev–Trinajstić information content (AvgIpc) is 2.54. The van der Waals surface area contributed by atoms with E-state index >= 15 is 0 Å². The molecule has 106 valence electrons. The lowest BCUT2D eigenvalue weighted by Gasteiger charge is -2.10. The summed E-state index contributed by atoms with van der Waals surface area (Å²) in [4.78, 5) is 16.0. The van der Waals surface area contributed by atoms with E-state index in [0.29, 0.717) is 5.56 Å². The van der Waals surface area contributed by atoms with Crippen LogP contribution in [0.4, 0.5) is 5.69 Å². The molecule has 0 radical (unpaired) electrons. The van der Waals surface area contributed by atoms with Gasteiger partial charge >= 0.3 is 0 Å². The van der Waals surface area contributed by atoms with Crippen LogP contribution in [0, 0.1) is 11.8 Å². The third-order valence-corrected chi connectivity index (χ3v) is 2.99. The predicted octanol–water partition coefficient (Wildman–Crippen LogP) is 2.24. The minimum Gasteiger partial charge on any atom is -0.384 e. The first-order chi connectivity index (χ1) is 10.2. The van der Waals surface area contributed by atoms with E-state index < -0.39 is 0 Å². The van der Waals surface area contributed by atoms with Crippen molar-refractivity contribution in [3.63, 3.8) is 0 Å². The van der Waals surface area contributed by atoms with Gasteiger partial charge in [-0.15, -0.1) is 0 Å². The minimum absolute atomic E-state index is 0.165. The number of aromatic nitrogens is 1. The Labute approximate surface area is 123 Å². The molecule has 1 aromatic heterocycles. The molecule has 1 aromatic carbocycles. The number of anilines is 1. The Hall–Kier alpha value is -2.64. The molecule has 4 heteroatoms. The second-order valence-corrected chi connectivity index (χ2v) is 4.38. The number of amides is 1. The highest BCUT2D eigenvalue weighted by atomic mass is 16.2. The number of carbonyl (C=O) groups excluding carboxylic acids is 1. The lowest BCUT2D eigenvalue weighted by atomic mass is 10.1. The molecule has 0 atom stereocenters. The minimum atomic E-state index is -0.165. The number of nitrogens with one attached hydrogen (secondary N) is 1. The van der Waals surface area contributed by atoms with Crippen LogP contribution in [0.2, 0.25) is 0 Å². The SMILES string of the molecule is CCc1cc(C#CCO)ccc1NC(=O)c1ccncc1. The fourth-order valence-electron chi connectivity index (χ4n) is 1.93. The summed E-state index contributed by atoms with van der Waals surface area (Å²) >= 11 is 0. The quantitative estimate of drug-likeness (QED) is 0.848. The van der Waals surface area contributed by atoms with E-state index in [1.54, 1.807) is 24.5 Å². The van der Waals surface area contributed by atoms with Crippen LogP contribution in [-0.2, 0) is 6.42 Å². The van der Waals surface area contributed by atoms with Crippen molar-refractivity contribution in [2.45, 2.75) is 13.3 Å². The van der Waals surface area contributed by atoms with Gasteiger partial charge in [-0.1, -0.05) is 18.8 Å². The summed E-state index contributed by atoms with van der Waals surface area (Å²) < 4.78 is 0.